The number of anilines is 1. The van der Waals surface area contributed by atoms with Crippen LogP contribution in [0, 0.1) is 29.0 Å². The van der Waals surface area contributed by atoms with E-state index in [9.17, 15) is 14.0 Å². The molecule has 2 bridgehead atoms. The lowest BCUT2D eigenvalue weighted by Crippen LogP contribution is -2.56. The van der Waals surface area contributed by atoms with Gasteiger partial charge in [0.15, 0.2) is 5.96 Å². The first kappa shape index (κ1) is 30.1. The average Bonchev–Trinajstić information content (AvgIpc) is 3.45. The van der Waals surface area contributed by atoms with E-state index in [2.05, 4.69) is 41.3 Å². The minimum absolute atomic E-state index is 0.0214. The Kier molecular flexibility index (Phi) is 8.11. The van der Waals surface area contributed by atoms with Gasteiger partial charge in [0.05, 0.1) is 30.4 Å². The average molecular weight is 603 g/mol. The zero-order chi connectivity index (χ0) is 31.2. The lowest BCUT2D eigenvalue weighted by molar-refractivity contribution is -0.119. The Bertz CT molecular complexity index is 1650. The first-order valence-corrected chi connectivity index (χ1v) is 15.7. The molecule has 234 valence electrons. The molecule has 0 radical (unpaired) electrons. The van der Waals surface area contributed by atoms with Crippen LogP contribution in [0.4, 0.5) is 10.1 Å². The molecule has 5 atom stereocenters. The number of aryl methyl sites for hydroxylation is 2. The Morgan fingerprint density at radius 2 is 2.02 bits per heavy atom. The molecule has 2 heterocycles. The molecule has 2 unspecified atom stereocenters. The molecule has 44 heavy (non-hydrogen) atoms. The molecule has 3 aromatic rings. The molecule has 1 aromatic heterocycles. The number of hydrogen-bond donors (Lipinski definition) is 2. The largest absolute Gasteiger partial charge is 0.497 e. The number of likely N-dealkylation sites (tertiary alicyclic amines) is 1. The van der Waals surface area contributed by atoms with Gasteiger partial charge in [-0.25, -0.2) is 14.4 Å². The fourth-order valence-electron chi connectivity index (χ4n) is 7.62. The molecule has 4 aliphatic rings. The molecule has 2 N–H and O–H groups in total. The number of hydrogen-bond acceptors (Lipinski definition) is 5. The van der Waals surface area contributed by atoms with E-state index in [4.69, 9.17) is 9.73 Å². The van der Waals surface area contributed by atoms with Crippen molar-refractivity contribution >= 4 is 28.5 Å². The first-order chi connectivity index (χ1) is 21.0. The highest BCUT2D eigenvalue weighted by molar-refractivity contribution is 5.96. The van der Waals surface area contributed by atoms with Crippen molar-refractivity contribution in [2.24, 2.45) is 28.2 Å². The standard InChI is InChI=1S/C34H43FN6O3/c1-20-28-14-23(34(28,3)4)15-30(20)39-33(40-13-11-25(18-40)37-21(2)42)38-24-7-9-27-31(16-24)36-19-41(32(27)43)12-10-22-6-8-26(44-5)17-29(22)35/h6-9,16-17,19-20,23,25,28,30H,10-15,18H2,1-5H3,(H,37,42)(H,38,39)/t20-,23-,25?,28+,30?/m0/s1. The summed E-state index contributed by atoms with van der Waals surface area (Å²) in [5.41, 5.74) is 2.11. The summed E-state index contributed by atoms with van der Waals surface area (Å²) >= 11 is 0. The predicted octanol–water partition coefficient (Wildman–Crippen LogP) is 4.84. The highest BCUT2D eigenvalue weighted by Crippen LogP contribution is 2.61. The number of aromatic nitrogens is 2. The molecule has 4 fully saturated rings. The van der Waals surface area contributed by atoms with Crippen LogP contribution in [0.25, 0.3) is 10.9 Å². The van der Waals surface area contributed by atoms with Crippen molar-refractivity contribution in [1.29, 1.82) is 0 Å². The number of aliphatic imine (C=N–C) groups is 1. The highest BCUT2D eigenvalue weighted by Gasteiger charge is 2.56. The Morgan fingerprint density at radius 1 is 1.20 bits per heavy atom. The van der Waals surface area contributed by atoms with Gasteiger partial charge in [-0.3, -0.25) is 14.2 Å². The summed E-state index contributed by atoms with van der Waals surface area (Å²) in [6, 6.07) is 10.6. The molecule has 9 nitrogen and oxygen atoms in total. The summed E-state index contributed by atoms with van der Waals surface area (Å²) in [5.74, 6) is 2.75. The molecule has 1 amide bonds. The third-order valence-electron chi connectivity index (χ3n) is 10.5. The molecule has 3 saturated carbocycles. The van der Waals surface area contributed by atoms with Gasteiger partial charge in [-0.05, 0) is 78.7 Å². The van der Waals surface area contributed by atoms with E-state index < -0.39 is 0 Å². The number of nitrogens with zero attached hydrogens (tertiary/aromatic N) is 4. The highest BCUT2D eigenvalue weighted by atomic mass is 19.1. The molecular weight excluding hydrogens is 559 g/mol. The van der Waals surface area contributed by atoms with Gasteiger partial charge in [0.2, 0.25) is 5.91 Å². The maximum absolute atomic E-state index is 14.4. The lowest BCUT2D eigenvalue weighted by atomic mass is 9.45. The fraction of sp³-hybridized carbons (Fsp3) is 0.529. The summed E-state index contributed by atoms with van der Waals surface area (Å²) in [6.45, 7) is 10.5. The molecular formula is C34H43FN6O3. The normalized spacial score (nSPS) is 25.9. The summed E-state index contributed by atoms with van der Waals surface area (Å²) in [4.78, 5) is 37.2. The minimum atomic E-state index is -0.357. The van der Waals surface area contributed by atoms with Gasteiger partial charge in [0, 0.05) is 44.4 Å². The smallest absolute Gasteiger partial charge is 0.261 e. The van der Waals surface area contributed by atoms with Gasteiger partial charge >= 0.3 is 0 Å². The summed E-state index contributed by atoms with van der Waals surface area (Å²) in [7, 11) is 1.50. The molecule has 1 saturated heterocycles. The number of halogens is 1. The van der Waals surface area contributed by atoms with Crippen LogP contribution in [0.3, 0.4) is 0 Å². The van der Waals surface area contributed by atoms with E-state index in [1.807, 2.05) is 12.1 Å². The number of amides is 1. The number of guanidine groups is 1. The zero-order valence-corrected chi connectivity index (χ0v) is 26.3. The SMILES string of the molecule is COc1ccc(CCn2cnc3cc(N/C(=N/C4C[C@@H]5C[C@H]([C@@H]4C)C5(C)C)N4CCC(NC(C)=O)C4)ccc3c2=O)c(F)c1. The topological polar surface area (TPSA) is 101 Å². The second-order valence-electron chi connectivity index (χ2n) is 13.4. The van der Waals surface area contributed by atoms with Crippen LogP contribution in [0.5, 0.6) is 5.75 Å². The van der Waals surface area contributed by atoms with Gasteiger partial charge < -0.3 is 20.3 Å². The number of benzene rings is 2. The third kappa shape index (κ3) is 5.78. The third-order valence-corrected chi connectivity index (χ3v) is 10.5. The van der Waals surface area contributed by atoms with Gasteiger partial charge in [-0.1, -0.05) is 26.8 Å². The molecule has 3 aliphatic carbocycles. The Balaban J connectivity index is 1.22. The molecule has 0 spiro atoms. The van der Waals surface area contributed by atoms with E-state index in [1.54, 1.807) is 25.1 Å². The van der Waals surface area contributed by atoms with Crippen LogP contribution in [0.1, 0.15) is 52.5 Å². The molecule has 7 rings (SSSR count). The minimum Gasteiger partial charge on any atom is -0.497 e. The first-order valence-electron chi connectivity index (χ1n) is 15.7. The van der Waals surface area contributed by atoms with E-state index >= 15 is 0 Å². The zero-order valence-electron chi connectivity index (χ0n) is 26.3. The van der Waals surface area contributed by atoms with E-state index in [0.717, 1.165) is 31.0 Å². The second-order valence-corrected chi connectivity index (χ2v) is 13.4. The summed E-state index contributed by atoms with van der Waals surface area (Å²) < 4.78 is 21.0. The maximum atomic E-state index is 14.4. The van der Waals surface area contributed by atoms with Crippen LogP contribution in [-0.4, -0.2) is 58.6 Å². The number of carbonyl (C=O) groups excluding carboxylic acids is 1. The van der Waals surface area contributed by atoms with Crippen LogP contribution >= 0.6 is 0 Å². The van der Waals surface area contributed by atoms with Gasteiger partial charge in [0.25, 0.3) is 5.56 Å². The molecule has 10 heteroatoms. The number of nitrogens with one attached hydrogen (secondary N) is 2. The Morgan fingerprint density at radius 3 is 2.73 bits per heavy atom. The molecule has 2 aromatic carbocycles. The van der Waals surface area contributed by atoms with E-state index in [-0.39, 0.29) is 29.4 Å². The van der Waals surface area contributed by atoms with Crippen LogP contribution in [0.15, 0.2) is 52.5 Å². The van der Waals surface area contributed by atoms with Crippen LogP contribution < -0.4 is 20.9 Å². The fourth-order valence-corrected chi connectivity index (χ4v) is 7.62. The Labute approximate surface area is 257 Å². The summed E-state index contributed by atoms with van der Waals surface area (Å²) in [6.07, 6.45) is 5.12. The number of ether oxygens (including phenoxy) is 1. The van der Waals surface area contributed by atoms with Crippen molar-refractivity contribution in [3.8, 4) is 5.75 Å². The summed E-state index contributed by atoms with van der Waals surface area (Å²) in [5, 5.41) is 7.12. The van der Waals surface area contributed by atoms with Crippen molar-refractivity contribution in [1.82, 2.24) is 19.8 Å². The molecule has 1 aliphatic heterocycles. The lowest BCUT2D eigenvalue weighted by Gasteiger charge is -2.61. The van der Waals surface area contributed by atoms with E-state index in [1.165, 1.54) is 30.5 Å². The van der Waals surface area contributed by atoms with Crippen molar-refractivity contribution in [2.45, 2.75) is 72.0 Å². The van der Waals surface area contributed by atoms with Crippen molar-refractivity contribution in [2.75, 3.05) is 25.5 Å². The number of fused-ring (bicyclic) bond motifs is 3. The van der Waals surface area contributed by atoms with Gasteiger partial charge in [-0.2, -0.15) is 0 Å². The van der Waals surface area contributed by atoms with Gasteiger partial charge in [0.1, 0.15) is 11.6 Å². The van der Waals surface area contributed by atoms with E-state index in [0.29, 0.717) is 64.9 Å². The van der Waals surface area contributed by atoms with Crippen molar-refractivity contribution in [3.63, 3.8) is 0 Å². The van der Waals surface area contributed by atoms with Crippen LogP contribution in [-0.2, 0) is 17.8 Å². The van der Waals surface area contributed by atoms with Crippen molar-refractivity contribution in [3.05, 3.63) is 64.5 Å². The predicted molar refractivity (Wildman–Crippen MR) is 170 cm³/mol. The van der Waals surface area contributed by atoms with Crippen LogP contribution in [0.2, 0.25) is 0 Å². The van der Waals surface area contributed by atoms with Gasteiger partial charge in [-0.15, -0.1) is 0 Å². The number of rotatable bonds is 7. The van der Waals surface area contributed by atoms with Crippen molar-refractivity contribution < 1.29 is 13.9 Å². The second kappa shape index (κ2) is 11.9. The maximum Gasteiger partial charge on any atom is 0.261 e. The number of carbonyl (C=O) groups is 1. The number of methoxy groups -OCH3 is 1. The Hall–Kier alpha value is -3.95. The monoisotopic (exact) mass is 602 g/mol. The quantitative estimate of drug-likeness (QED) is 0.297.